The molecule has 0 bridgehead atoms. The summed E-state index contributed by atoms with van der Waals surface area (Å²) < 4.78 is 1.44. The number of hydrogen-bond acceptors (Lipinski definition) is 2. The van der Waals surface area contributed by atoms with Crippen LogP contribution in [0.1, 0.15) is 0 Å². The van der Waals surface area contributed by atoms with Crippen molar-refractivity contribution in [2.45, 2.75) is 0 Å². The number of benzene rings is 1. The third-order valence-corrected chi connectivity index (χ3v) is 2.51. The minimum Gasteiger partial charge on any atom is -0.234 e. The molecular weight excluding hydrogens is 292 g/mol. The molecule has 0 spiro atoms. The van der Waals surface area contributed by atoms with Crippen molar-refractivity contribution in [3.05, 3.63) is 38.9 Å². The van der Waals surface area contributed by atoms with Crippen LogP contribution in [0.25, 0.3) is 0 Å². The molecule has 0 heterocycles. The molecular formula is C6H4Br2N2O2. The Hall–Kier alpha value is -0.620. The zero-order valence-electron chi connectivity index (χ0n) is 5.78. The van der Waals surface area contributed by atoms with Crippen LogP contribution in [0.15, 0.2) is 28.7 Å². The predicted octanol–water partition coefficient (Wildman–Crippen LogP) is 2.76. The van der Waals surface area contributed by atoms with E-state index >= 15 is 0 Å². The van der Waals surface area contributed by atoms with Crippen LogP contribution in [-0.2, 0) is 0 Å². The van der Waals surface area contributed by atoms with E-state index in [1.807, 2.05) is 0 Å². The molecule has 0 saturated heterocycles. The molecule has 1 aromatic rings. The van der Waals surface area contributed by atoms with E-state index in [4.69, 9.17) is 0 Å². The topological polar surface area (TPSA) is 46.4 Å². The van der Waals surface area contributed by atoms with Crippen LogP contribution in [0, 0.1) is 10.1 Å². The van der Waals surface area contributed by atoms with Gasteiger partial charge < -0.3 is 0 Å². The van der Waals surface area contributed by atoms with Gasteiger partial charge in [-0.2, -0.15) is 0 Å². The second-order valence-electron chi connectivity index (χ2n) is 1.95. The molecule has 0 atom stereocenters. The number of rotatable bonds is 2. The minimum absolute atomic E-state index is 0.461. The van der Waals surface area contributed by atoms with Gasteiger partial charge in [0.2, 0.25) is 0 Å². The van der Waals surface area contributed by atoms with Crippen molar-refractivity contribution in [3.63, 3.8) is 0 Å². The molecule has 64 valence electrons. The number of nitro groups is 1. The lowest BCUT2D eigenvalue weighted by Crippen LogP contribution is -2.17. The van der Waals surface area contributed by atoms with Gasteiger partial charge in [0.15, 0.2) is 5.03 Å². The lowest BCUT2D eigenvalue weighted by Gasteiger charge is -2.06. The lowest BCUT2D eigenvalue weighted by atomic mass is 10.3. The molecule has 1 rings (SSSR count). The Bertz CT molecular complexity index is 305. The van der Waals surface area contributed by atoms with Crippen LogP contribution in [0.2, 0.25) is 0 Å². The fourth-order valence-corrected chi connectivity index (χ4v) is 1.69. The first-order chi connectivity index (χ1) is 5.63. The zero-order chi connectivity index (χ0) is 9.14. The normalized spacial score (nSPS) is 9.50. The molecule has 0 aliphatic heterocycles. The van der Waals surface area contributed by atoms with Crippen LogP contribution in [-0.4, -0.2) is 5.03 Å². The maximum absolute atomic E-state index is 10.3. The Kier molecular flexibility index (Phi) is 3.05. The zero-order valence-corrected chi connectivity index (χ0v) is 8.95. The molecule has 4 nitrogen and oxygen atoms in total. The van der Waals surface area contributed by atoms with E-state index in [0.717, 1.165) is 4.03 Å². The third kappa shape index (κ3) is 1.95. The van der Waals surface area contributed by atoms with Crippen molar-refractivity contribution in [2.75, 3.05) is 4.03 Å². The van der Waals surface area contributed by atoms with Gasteiger partial charge in [0.05, 0.1) is 0 Å². The van der Waals surface area contributed by atoms with Gasteiger partial charge in [-0.25, -0.2) is 10.1 Å². The van der Waals surface area contributed by atoms with E-state index in [-0.39, 0.29) is 0 Å². The molecule has 0 radical (unpaired) electrons. The van der Waals surface area contributed by atoms with Crippen molar-refractivity contribution < 1.29 is 5.03 Å². The quantitative estimate of drug-likeness (QED) is 0.479. The first-order valence-corrected chi connectivity index (χ1v) is 4.48. The molecule has 1 aromatic carbocycles. The summed E-state index contributed by atoms with van der Waals surface area (Å²) in [5, 5.41) is 9.76. The number of hydrogen-bond donors (Lipinski definition) is 0. The molecule has 0 unspecified atom stereocenters. The molecule has 0 amide bonds. The first-order valence-electron chi connectivity index (χ1n) is 2.97. The van der Waals surface area contributed by atoms with Crippen molar-refractivity contribution in [2.24, 2.45) is 0 Å². The highest BCUT2D eigenvalue weighted by molar-refractivity contribution is 9.11. The molecule has 0 aliphatic carbocycles. The summed E-state index contributed by atoms with van der Waals surface area (Å²) in [6, 6.07) is 6.86. The predicted molar refractivity (Wildman–Crippen MR) is 52.5 cm³/mol. The van der Waals surface area contributed by atoms with Crippen molar-refractivity contribution in [1.29, 1.82) is 0 Å². The van der Waals surface area contributed by atoms with Gasteiger partial charge in [-0.05, 0) is 32.1 Å². The van der Waals surface area contributed by atoms with E-state index in [1.165, 1.54) is 0 Å². The SMILES string of the molecule is O=[N+]([O-])N(Br)c1ccccc1Br. The number of para-hydroxylation sites is 1. The fourth-order valence-electron chi connectivity index (χ4n) is 0.689. The monoisotopic (exact) mass is 294 g/mol. The summed E-state index contributed by atoms with van der Waals surface area (Å²) in [5.74, 6) is 0. The molecule has 0 saturated carbocycles. The van der Waals surface area contributed by atoms with Crippen molar-refractivity contribution in [1.82, 2.24) is 0 Å². The Morgan fingerprint density at radius 3 is 2.50 bits per heavy atom. The Balaban J connectivity index is 3.02. The van der Waals surface area contributed by atoms with Crippen LogP contribution in [0.3, 0.4) is 0 Å². The second kappa shape index (κ2) is 3.86. The highest BCUT2D eigenvalue weighted by atomic mass is 79.9. The number of halogens is 2. The highest BCUT2D eigenvalue weighted by Crippen LogP contribution is 2.27. The number of hydrazine groups is 1. The van der Waals surface area contributed by atoms with Gasteiger partial charge in [0, 0.05) is 4.47 Å². The van der Waals surface area contributed by atoms with Crippen molar-refractivity contribution in [3.8, 4) is 0 Å². The molecule has 0 aliphatic rings. The average molecular weight is 296 g/mol. The van der Waals surface area contributed by atoms with Crippen LogP contribution in [0.4, 0.5) is 5.69 Å². The standard InChI is InChI=1S/C6H4Br2N2O2/c7-5-3-1-2-4-6(5)9(8)10(11)12/h1-4H. The average Bonchev–Trinajstić information content (AvgIpc) is 2.04. The number of anilines is 1. The summed E-state index contributed by atoms with van der Waals surface area (Å²) >= 11 is 5.99. The van der Waals surface area contributed by atoms with Crippen molar-refractivity contribution >= 4 is 37.8 Å². The van der Waals surface area contributed by atoms with Gasteiger partial charge >= 0.3 is 0 Å². The molecule has 0 N–H and O–H groups in total. The Morgan fingerprint density at radius 1 is 1.42 bits per heavy atom. The molecule has 0 aromatic heterocycles. The maximum Gasteiger partial charge on any atom is 0.176 e. The van der Waals surface area contributed by atoms with Crippen LogP contribution in [0.5, 0.6) is 0 Å². The third-order valence-electron chi connectivity index (χ3n) is 1.19. The summed E-state index contributed by atoms with van der Waals surface area (Å²) in [5.41, 5.74) is 0.461. The van der Waals surface area contributed by atoms with Gasteiger partial charge in [-0.3, -0.25) is 0 Å². The smallest absolute Gasteiger partial charge is 0.176 e. The van der Waals surface area contributed by atoms with Gasteiger partial charge in [-0.1, -0.05) is 12.1 Å². The molecule has 12 heavy (non-hydrogen) atoms. The first kappa shape index (κ1) is 9.47. The summed E-state index contributed by atoms with van der Waals surface area (Å²) in [6.45, 7) is 0. The van der Waals surface area contributed by atoms with Gasteiger partial charge in [0.1, 0.15) is 21.8 Å². The summed E-state index contributed by atoms with van der Waals surface area (Å²) in [6.07, 6.45) is 0. The lowest BCUT2D eigenvalue weighted by molar-refractivity contribution is -0.470. The van der Waals surface area contributed by atoms with Crippen LogP contribution >= 0.6 is 32.1 Å². The van der Waals surface area contributed by atoms with Gasteiger partial charge in [-0.15, -0.1) is 0 Å². The van der Waals surface area contributed by atoms with E-state index in [2.05, 4.69) is 32.1 Å². The highest BCUT2D eigenvalue weighted by Gasteiger charge is 2.15. The minimum atomic E-state index is -0.555. The molecule has 0 fully saturated rings. The number of nitrogens with zero attached hydrogens (tertiary/aromatic N) is 2. The second-order valence-corrected chi connectivity index (χ2v) is 3.48. The van der Waals surface area contributed by atoms with E-state index in [9.17, 15) is 10.1 Å². The van der Waals surface area contributed by atoms with E-state index < -0.39 is 5.03 Å². The summed E-state index contributed by atoms with van der Waals surface area (Å²) in [4.78, 5) is 10.3. The van der Waals surface area contributed by atoms with Crippen LogP contribution < -0.4 is 4.03 Å². The fraction of sp³-hybridized carbons (Fsp3) is 0. The van der Waals surface area contributed by atoms with Gasteiger partial charge in [0.25, 0.3) is 0 Å². The van der Waals surface area contributed by atoms with E-state index in [1.54, 1.807) is 24.3 Å². The van der Waals surface area contributed by atoms with E-state index in [0.29, 0.717) is 10.2 Å². The molecule has 6 heteroatoms. The summed E-state index contributed by atoms with van der Waals surface area (Å²) in [7, 11) is 0. The Morgan fingerprint density at radius 2 is 2.00 bits per heavy atom. The maximum atomic E-state index is 10.3. The Labute approximate surface area is 85.8 Å². The largest absolute Gasteiger partial charge is 0.234 e.